The van der Waals surface area contributed by atoms with Crippen LogP contribution in [0.1, 0.15) is 5.56 Å². The monoisotopic (exact) mass is 266 g/mol. The second kappa shape index (κ2) is 6.54. The van der Waals surface area contributed by atoms with Crippen molar-refractivity contribution in [1.82, 2.24) is 10.5 Å². The molecule has 1 aromatic heterocycles. The molecular formula is C13H15ClN2O2. The molecule has 1 N–H and O–H groups in total. The molecule has 0 atom stereocenters. The van der Waals surface area contributed by atoms with Gasteiger partial charge in [0.05, 0.1) is 17.8 Å². The van der Waals surface area contributed by atoms with Crippen molar-refractivity contribution >= 4 is 11.6 Å². The van der Waals surface area contributed by atoms with Crippen molar-refractivity contribution in [2.75, 3.05) is 20.3 Å². The number of rotatable bonds is 6. The summed E-state index contributed by atoms with van der Waals surface area (Å²) in [4.78, 5) is 0. The van der Waals surface area contributed by atoms with Crippen molar-refractivity contribution in [3.05, 3.63) is 41.0 Å². The molecule has 0 aliphatic heterocycles. The number of aromatic nitrogens is 1. The van der Waals surface area contributed by atoms with Gasteiger partial charge in [-0.3, -0.25) is 0 Å². The quantitative estimate of drug-likeness (QED) is 0.817. The van der Waals surface area contributed by atoms with E-state index in [-0.39, 0.29) is 0 Å². The van der Waals surface area contributed by atoms with E-state index in [0.717, 1.165) is 17.7 Å². The predicted molar refractivity (Wildman–Crippen MR) is 70.5 cm³/mol. The Morgan fingerprint density at radius 1 is 1.39 bits per heavy atom. The number of halogens is 1. The van der Waals surface area contributed by atoms with Gasteiger partial charge < -0.3 is 14.6 Å². The van der Waals surface area contributed by atoms with Crippen LogP contribution in [-0.4, -0.2) is 25.4 Å². The maximum absolute atomic E-state index is 6.14. The van der Waals surface area contributed by atoms with Crippen LogP contribution in [0.5, 0.6) is 0 Å². The Kier molecular flexibility index (Phi) is 4.75. The van der Waals surface area contributed by atoms with Gasteiger partial charge >= 0.3 is 0 Å². The second-order valence-corrected chi connectivity index (χ2v) is 4.24. The lowest BCUT2D eigenvalue weighted by atomic mass is 10.1. The Labute approximate surface area is 111 Å². The zero-order valence-corrected chi connectivity index (χ0v) is 10.9. The van der Waals surface area contributed by atoms with Crippen LogP contribution in [-0.2, 0) is 11.3 Å². The van der Waals surface area contributed by atoms with Gasteiger partial charge in [-0.25, -0.2) is 0 Å². The molecule has 0 spiro atoms. The summed E-state index contributed by atoms with van der Waals surface area (Å²) in [7, 11) is 1.68. The third kappa shape index (κ3) is 3.10. The first-order valence-corrected chi connectivity index (χ1v) is 6.09. The number of hydrogen-bond donors (Lipinski definition) is 1. The summed E-state index contributed by atoms with van der Waals surface area (Å²) in [6.45, 7) is 2.13. The van der Waals surface area contributed by atoms with Crippen LogP contribution in [0.4, 0.5) is 0 Å². The first-order chi connectivity index (χ1) is 8.83. The number of nitrogens with zero attached hydrogens (tertiary/aromatic N) is 1. The molecular weight excluding hydrogens is 252 g/mol. The van der Waals surface area contributed by atoms with Crippen LogP contribution in [0.2, 0.25) is 5.02 Å². The van der Waals surface area contributed by atoms with E-state index in [9.17, 15) is 0 Å². The number of benzene rings is 1. The third-order valence-corrected chi connectivity index (χ3v) is 2.89. The maximum Gasteiger partial charge on any atom is 0.172 e. The van der Waals surface area contributed by atoms with Gasteiger partial charge in [0, 0.05) is 31.3 Å². The van der Waals surface area contributed by atoms with E-state index in [0.29, 0.717) is 23.9 Å². The number of ether oxygens (including phenoxy) is 1. The van der Waals surface area contributed by atoms with Crippen molar-refractivity contribution in [2.24, 2.45) is 0 Å². The molecule has 5 heteroatoms. The number of hydrogen-bond acceptors (Lipinski definition) is 4. The van der Waals surface area contributed by atoms with Gasteiger partial charge in [-0.05, 0) is 12.1 Å². The van der Waals surface area contributed by atoms with Crippen molar-refractivity contribution < 1.29 is 9.26 Å². The summed E-state index contributed by atoms with van der Waals surface area (Å²) < 4.78 is 10.3. The third-order valence-electron chi connectivity index (χ3n) is 2.56. The zero-order chi connectivity index (χ0) is 12.8. The van der Waals surface area contributed by atoms with Crippen LogP contribution in [0.15, 0.2) is 35.0 Å². The van der Waals surface area contributed by atoms with Crippen molar-refractivity contribution in [1.29, 1.82) is 0 Å². The lowest BCUT2D eigenvalue weighted by Gasteiger charge is -2.05. The maximum atomic E-state index is 6.14. The van der Waals surface area contributed by atoms with Gasteiger partial charge in [0.15, 0.2) is 5.76 Å². The van der Waals surface area contributed by atoms with Crippen LogP contribution in [0, 0.1) is 0 Å². The first kappa shape index (κ1) is 13.1. The molecule has 0 fully saturated rings. The summed E-state index contributed by atoms with van der Waals surface area (Å²) >= 11 is 6.14. The fourth-order valence-electron chi connectivity index (χ4n) is 1.65. The highest BCUT2D eigenvalue weighted by Crippen LogP contribution is 2.29. The van der Waals surface area contributed by atoms with Crippen LogP contribution >= 0.6 is 11.6 Å². The van der Waals surface area contributed by atoms with Crippen LogP contribution < -0.4 is 5.32 Å². The van der Waals surface area contributed by atoms with E-state index in [1.165, 1.54) is 0 Å². The molecule has 1 heterocycles. The first-order valence-electron chi connectivity index (χ1n) is 5.71. The van der Waals surface area contributed by atoms with Crippen LogP contribution in [0.25, 0.3) is 11.3 Å². The average Bonchev–Trinajstić information content (AvgIpc) is 2.83. The molecule has 0 saturated carbocycles. The number of nitrogens with one attached hydrogen (secondary N) is 1. The highest BCUT2D eigenvalue weighted by molar-refractivity contribution is 6.33. The van der Waals surface area contributed by atoms with E-state index in [4.69, 9.17) is 20.9 Å². The summed E-state index contributed by atoms with van der Waals surface area (Å²) in [5, 5.41) is 7.74. The van der Waals surface area contributed by atoms with E-state index in [1.807, 2.05) is 24.3 Å². The minimum absolute atomic E-state index is 0.660. The molecule has 0 aliphatic carbocycles. The predicted octanol–water partition coefficient (Wildman–Crippen LogP) is 2.73. The lowest BCUT2D eigenvalue weighted by molar-refractivity contribution is 0.199. The summed E-state index contributed by atoms with van der Waals surface area (Å²) in [5.74, 6) is 0.713. The minimum atomic E-state index is 0.660. The standard InChI is InChI=1S/C13H15ClN2O2/c1-17-7-6-15-8-10-9-16-18-13(10)11-4-2-3-5-12(11)14/h2-5,9,15H,6-8H2,1H3. The highest BCUT2D eigenvalue weighted by atomic mass is 35.5. The summed E-state index contributed by atoms with van der Waals surface area (Å²) in [6, 6.07) is 7.56. The van der Waals surface area contributed by atoms with Crippen LogP contribution in [0.3, 0.4) is 0 Å². The molecule has 1 aromatic carbocycles. The van der Waals surface area contributed by atoms with E-state index in [1.54, 1.807) is 13.3 Å². The summed E-state index contributed by atoms with van der Waals surface area (Å²) in [5.41, 5.74) is 1.85. The van der Waals surface area contributed by atoms with Crippen molar-refractivity contribution in [3.63, 3.8) is 0 Å². The molecule has 4 nitrogen and oxygen atoms in total. The Morgan fingerprint density at radius 2 is 2.22 bits per heavy atom. The Morgan fingerprint density at radius 3 is 3.00 bits per heavy atom. The fourth-order valence-corrected chi connectivity index (χ4v) is 1.87. The molecule has 2 aromatic rings. The molecule has 18 heavy (non-hydrogen) atoms. The molecule has 0 unspecified atom stereocenters. The Balaban J connectivity index is 2.10. The second-order valence-electron chi connectivity index (χ2n) is 3.83. The van der Waals surface area contributed by atoms with Gasteiger partial charge in [-0.15, -0.1) is 0 Å². The Bertz CT molecular complexity index is 499. The van der Waals surface area contributed by atoms with Gasteiger partial charge in [0.2, 0.25) is 0 Å². The van der Waals surface area contributed by atoms with E-state index in [2.05, 4.69) is 10.5 Å². The van der Waals surface area contributed by atoms with Crippen molar-refractivity contribution in [2.45, 2.75) is 6.54 Å². The molecule has 0 radical (unpaired) electrons. The molecule has 0 amide bonds. The van der Waals surface area contributed by atoms with Crippen molar-refractivity contribution in [3.8, 4) is 11.3 Å². The van der Waals surface area contributed by atoms with Gasteiger partial charge in [-0.1, -0.05) is 28.9 Å². The van der Waals surface area contributed by atoms with Gasteiger partial charge in [0.1, 0.15) is 0 Å². The topological polar surface area (TPSA) is 47.3 Å². The highest BCUT2D eigenvalue weighted by Gasteiger charge is 2.12. The molecule has 96 valence electrons. The summed E-state index contributed by atoms with van der Waals surface area (Å²) in [6.07, 6.45) is 1.71. The van der Waals surface area contributed by atoms with E-state index < -0.39 is 0 Å². The number of methoxy groups -OCH3 is 1. The van der Waals surface area contributed by atoms with E-state index >= 15 is 0 Å². The fraction of sp³-hybridized carbons (Fsp3) is 0.308. The SMILES string of the molecule is COCCNCc1cnoc1-c1ccccc1Cl. The normalized spacial score (nSPS) is 10.8. The molecule has 0 aliphatic rings. The minimum Gasteiger partial charge on any atom is -0.383 e. The average molecular weight is 267 g/mol. The molecule has 0 saturated heterocycles. The Hall–Kier alpha value is -1.36. The lowest BCUT2D eigenvalue weighted by Crippen LogP contribution is -2.18. The molecule has 2 rings (SSSR count). The molecule has 0 bridgehead atoms. The van der Waals surface area contributed by atoms with Gasteiger partial charge in [-0.2, -0.15) is 0 Å². The largest absolute Gasteiger partial charge is 0.383 e. The zero-order valence-electron chi connectivity index (χ0n) is 10.1. The smallest absolute Gasteiger partial charge is 0.172 e. The van der Waals surface area contributed by atoms with Gasteiger partial charge in [0.25, 0.3) is 0 Å².